The van der Waals surface area contributed by atoms with Crippen molar-refractivity contribution in [3.8, 4) is 6.07 Å². The third-order valence-corrected chi connectivity index (χ3v) is 3.23. The van der Waals surface area contributed by atoms with Gasteiger partial charge in [0.2, 0.25) is 0 Å². The second-order valence-electron chi connectivity index (χ2n) is 4.58. The molecule has 0 unspecified atom stereocenters. The minimum Gasteiger partial charge on any atom is -0.266 e. The van der Waals surface area contributed by atoms with E-state index in [9.17, 15) is 14.9 Å². The maximum atomic E-state index is 12.1. The zero-order valence-corrected chi connectivity index (χ0v) is 11.5. The number of rotatable bonds is 3. The summed E-state index contributed by atoms with van der Waals surface area (Å²) in [6, 6.07) is 7.75. The molecule has 2 aromatic rings. The van der Waals surface area contributed by atoms with Crippen molar-refractivity contribution in [2.24, 2.45) is 0 Å². The van der Waals surface area contributed by atoms with Gasteiger partial charge in [-0.2, -0.15) is 10.4 Å². The number of non-ortho nitro benzene ring substituents is 1. The van der Waals surface area contributed by atoms with Crippen LogP contribution in [0.1, 0.15) is 22.4 Å². The zero-order valence-electron chi connectivity index (χ0n) is 11.5. The van der Waals surface area contributed by atoms with Gasteiger partial charge in [-0.3, -0.25) is 14.9 Å². The van der Waals surface area contributed by atoms with Gasteiger partial charge in [-0.05, 0) is 25.0 Å². The van der Waals surface area contributed by atoms with Crippen LogP contribution in [0.2, 0.25) is 0 Å². The van der Waals surface area contributed by atoms with Crippen LogP contribution in [0.5, 0.6) is 0 Å². The Morgan fingerprint density at radius 3 is 2.48 bits per heavy atom. The minimum absolute atomic E-state index is 0.0168. The molecule has 0 saturated carbocycles. The lowest BCUT2D eigenvalue weighted by molar-refractivity contribution is -0.384. The molecule has 0 aliphatic rings. The quantitative estimate of drug-likeness (QED) is 0.630. The number of benzene rings is 1. The van der Waals surface area contributed by atoms with E-state index in [4.69, 9.17) is 5.26 Å². The number of nitro groups is 1. The molecule has 2 rings (SSSR count). The van der Waals surface area contributed by atoms with Crippen LogP contribution in [0.3, 0.4) is 0 Å². The van der Waals surface area contributed by atoms with Crippen molar-refractivity contribution in [3.05, 3.63) is 67.1 Å². The van der Waals surface area contributed by atoms with Crippen LogP contribution in [0, 0.1) is 35.3 Å². The highest BCUT2D eigenvalue weighted by molar-refractivity contribution is 5.37. The van der Waals surface area contributed by atoms with Gasteiger partial charge >= 0.3 is 0 Å². The molecule has 106 valence electrons. The highest BCUT2D eigenvalue weighted by Crippen LogP contribution is 2.12. The third kappa shape index (κ3) is 2.79. The first kappa shape index (κ1) is 14.4. The fraction of sp³-hybridized carbons (Fsp3) is 0.214. The first-order valence-electron chi connectivity index (χ1n) is 6.15. The Morgan fingerprint density at radius 2 is 1.95 bits per heavy atom. The molecule has 0 aliphatic carbocycles. The van der Waals surface area contributed by atoms with Crippen molar-refractivity contribution in [3.63, 3.8) is 0 Å². The van der Waals surface area contributed by atoms with E-state index >= 15 is 0 Å². The summed E-state index contributed by atoms with van der Waals surface area (Å²) < 4.78 is 1.20. The molecule has 21 heavy (non-hydrogen) atoms. The van der Waals surface area contributed by atoms with Crippen LogP contribution in [0.25, 0.3) is 0 Å². The summed E-state index contributed by atoms with van der Waals surface area (Å²) in [6.07, 6.45) is 0. The van der Waals surface area contributed by atoms with E-state index in [0.717, 1.165) is 0 Å². The SMILES string of the molecule is Cc1nn(Cc2ccc([N+](=O)[O-])cc2)c(=O)c(C#N)c1C. The van der Waals surface area contributed by atoms with Crippen molar-refractivity contribution in [1.82, 2.24) is 9.78 Å². The number of nitrogens with zero attached hydrogens (tertiary/aromatic N) is 4. The molecule has 0 saturated heterocycles. The fourth-order valence-corrected chi connectivity index (χ4v) is 1.91. The first-order valence-corrected chi connectivity index (χ1v) is 6.15. The molecule has 0 N–H and O–H groups in total. The Morgan fingerprint density at radius 1 is 1.33 bits per heavy atom. The number of aryl methyl sites for hydroxylation is 1. The number of hydrogen-bond donors (Lipinski definition) is 0. The average molecular weight is 284 g/mol. The molecule has 0 fully saturated rings. The van der Waals surface area contributed by atoms with E-state index < -0.39 is 10.5 Å². The van der Waals surface area contributed by atoms with Gasteiger partial charge in [0.05, 0.1) is 17.2 Å². The smallest absolute Gasteiger partial charge is 0.266 e. The summed E-state index contributed by atoms with van der Waals surface area (Å²) in [5, 5.41) is 23.8. The van der Waals surface area contributed by atoms with E-state index in [1.807, 2.05) is 6.07 Å². The Balaban J connectivity index is 2.41. The summed E-state index contributed by atoms with van der Waals surface area (Å²) in [4.78, 5) is 22.2. The van der Waals surface area contributed by atoms with E-state index in [-0.39, 0.29) is 17.8 Å². The van der Waals surface area contributed by atoms with Crippen molar-refractivity contribution in [2.45, 2.75) is 20.4 Å². The highest BCUT2D eigenvalue weighted by atomic mass is 16.6. The predicted octanol–water partition coefficient (Wildman–Crippen LogP) is 1.69. The summed E-state index contributed by atoms with van der Waals surface area (Å²) >= 11 is 0. The maximum absolute atomic E-state index is 12.1. The van der Waals surface area contributed by atoms with Gasteiger partial charge in [0.1, 0.15) is 11.6 Å². The van der Waals surface area contributed by atoms with Crippen LogP contribution >= 0.6 is 0 Å². The summed E-state index contributed by atoms with van der Waals surface area (Å²) in [7, 11) is 0. The summed E-state index contributed by atoms with van der Waals surface area (Å²) in [6.45, 7) is 3.56. The molecule has 0 aliphatic heterocycles. The molecular formula is C14H12N4O3. The van der Waals surface area contributed by atoms with Crippen LogP contribution in [0.15, 0.2) is 29.1 Å². The van der Waals surface area contributed by atoms with E-state index in [1.54, 1.807) is 26.0 Å². The number of aromatic nitrogens is 2. The molecule has 1 aromatic heterocycles. The molecular weight excluding hydrogens is 272 g/mol. The van der Waals surface area contributed by atoms with Gasteiger partial charge in [0.25, 0.3) is 11.2 Å². The molecule has 0 bridgehead atoms. The van der Waals surface area contributed by atoms with Crippen LogP contribution in [-0.2, 0) is 6.54 Å². The van der Waals surface area contributed by atoms with E-state index in [1.165, 1.54) is 16.8 Å². The number of hydrogen-bond acceptors (Lipinski definition) is 5. The molecule has 7 heteroatoms. The molecule has 1 heterocycles. The monoisotopic (exact) mass is 284 g/mol. The molecule has 0 amide bonds. The zero-order chi connectivity index (χ0) is 15.6. The summed E-state index contributed by atoms with van der Waals surface area (Å²) in [5.74, 6) is 0. The van der Waals surface area contributed by atoms with Crippen molar-refractivity contribution >= 4 is 5.69 Å². The van der Waals surface area contributed by atoms with Gasteiger partial charge in [-0.15, -0.1) is 0 Å². The Bertz CT molecular complexity index is 801. The maximum Gasteiger partial charge on any atom is 0.285 e. The fourth-order valence-electron chi connectivity index (χ4n) is 1.91. The van der Waals surface area contributed by atoms with Crippen molar-refractivity contribution in [1.29, 1.82) is 5.26 Å². The minimum atomic E-state index is -0.488. The van der Waals surface area contributed by atoms with Crippen molar-refractivity contribution < 1.29 is 4.92 Å². The second kappa shape index (κ2) is 5.54. The Labute approximate surface area is 120 Å². The number of nitriles is 1. The van der Waals surface area contributed by atoms with Crippen LogP contribution in [0.4, 0.5) is 5.69 Å². The Kier molecular flexibility index (Phi) is 3.80. The highest BCUT2D eigenvalue weighted by Gasteiger charge is 2.12. The molecule has 0 atom stereocenters. The average Bonchev–Trinajstić information content (AvgIpc) is 2.46. The lowest BCUT2D eigenvalue weighted by Gasteiger charge is -2.08. The standard InChI is InChI=1S/C14H12N4O3/c1-9-10(2)16-17(14(19)13(9)7-15)8-11-3-5-12(6-4-11)18(20)21/h3-6H,8H2,1-2H3. The molecule has 0 radical (unpaired) electrons. The first-order chi connectivity index (χ1) is 9.93. The molecule has 7 nitrogen and oxygen atoms in total. The Hall–Kier alpha value is -3.01. The van der Waals surface area contributed by atoms with E-state index in [0.29, 0.717) is 16.8 Å². The largest absolute Gasteiger partial charge is 0.285 e. The van der Waals surface area contributed by atoms with Gasteiger partial charge in [-0.25, -0.2) is 4.68 Å². The lowest BCUT2D eigenvalue weighted by atomic mass is 10.1. The third-order valence-electron chi connectivity index (χ3n) is 3.23. The van der Waals surface area contributed by atoms with Gasteiger partial charge < -0.3 is 0 Å². The second-order valence-corrected chi connectivity index (χ2v) is 4.58. The molecule has 1 aromatic carbocycles. The lowest BCUT2D eigenvalue weighted by Crippen LogP contribution is -2.27. The van der Waals surface area contributed by atoms with Crippen molar-refractivity contribution in [2.75, 3.05) is 0 Å². The predicted molar refractivity (Wildman–Crippen MR) is 74.9 cm³/mol. The summed E-state index contributed by atoms with van der Waals surface area (Å²) in [5.41, 5.74) is 1.47. The number of nitro benzene ring substituents is 1. The van der Waals surface area contributed by atoms with Gasteiger partial charge in [0, 0.05) is 12.1 Å². The normalized spacial score (nSPS) is 10.1. The van der Waals surface area contributed by atoms with Gasteiger partial charge in [-0.1, -0.05) is 12.1 Å². The van der Waals surface area contributed by atoms with Crippen LogP contribution in [-0.4, -0.2) is 14.7 Å². The van der Waals surface area contributed by atoms with Crippen LogP contribution < -0.4 is 5.56 Å². The topological polar surface area (TPSA) is 102 Å². The van der Waals surface area contributed by atoms with Gasteiger partial charge in [0.15, 0.2) is 0 Å². The molecule has 0 spiro atoms. The van der Waals surface area contributed by atoms with E-state index in [2.05, 4.69) is 5.10 Å².